The van der Waals surface area contributed by atoms with E-state index in [1.165, 1.54) is 84.9 Å². The minimum atomic E-state index is 1.08. The Morgan fingerprint density at radius 2 is 0.825 bits per heavy atom. The summed E-state index contributed by atoms with van der Waals surface area (Å²) in [5, 5.41) is 5.45. The second-order valence-corrected chi connectivity index (χ2v) is 12.9. The lowest BCUT2D eigenvalue weighted by Gasteiger charge is -2.22. The van der Waals surface area contributed by atoms with Crippen LogP contribution in [0.3, 0.4) is 0 Å². The van der Waals surface area contributed by atoms with Crippen molar-refractivity contribution in [2.75, 3.05) is 0 Å². The van der Waals surface area contributed by atoms with Gasteiger partial charge in [0.2, 0.25) is 0 Å². The second-order valence-electron chi connectivity index (χ2n) is 10.8. The number of benzene rings is 6. The summed E-state index contributed by atoms with van der Waals surface area (Å²) in [5.41, 5.74) is 11.0. The SMILES string of the molecule is c1ccc2c(c1)sc1c(-c3ccc4c(c3)CCc3cc(-c5cccc6c5sc5ccccc56)ccc3-4)cccc12. The molecular weight excluding hydrogens is 521 g/mol. The van der Waals surface area contributed by atoms with Crippen molar-refractivity contribution >= 4 is 63.0 Å². The summed E-state index contributed by atoms with van der Waals surface area (Å²) in [6.45, 7) is 0. The number of fused-ring (bicyclic) bond motifs is 9. The molecule has 0 saturated heterocycles. The van der Waals surface area contributed by atoms with Crippen LogP contribution in [0.15, 0.2) is 121 Å². The van der Waals surface area contributed by atoms with Crippen molar-refractivity contribution < 1.29 is 0 Å². The van der Waals surface area contributed by atoms with E-state index in [0.29, 0.717) is 0 Å². The summed E-state index contributed by atoms with van der Waals surface area (Å²) in [6, 6.07) is 45.4. The molecule has 0 fully saturated rings. The second kappa shape index (κ2) is 8.63. The summed E-state index contributed by atoms with van der Waals surface area (Å²) < 4.78 is 5.50. The molecule has 1 aliphatic rings. The van der Waals surface area contributed by atoms with Crippen LogP contribution in [0.1, 0.15) is 11.1 Å². The highest BCUT2D eigenvalue weighted by Gasteiger charge is 2.19. The normalized spacial score (nSPS) is 12.8. The van der Waals surface area contributed by atoms with Crippen molar-refractivity contribution in [2.24, 2.45) is 0 Å². The van der Waals surface area contributed by atoms with Crippen molar-refractivity contribution in [3.05, 3.63) is 132 Å². The van der Waals surface area contributed by atoms with Crippen LogP contribution in [-0.4, -0.2) is 0 Å². The molecule has 6 aromatic carbocycles. The maximum absolute atomic E-state index is 2.45. The average Bonchev–Trinajstić information content (AvgIpc) is 3.59. The molecule has 0 N–H and O–H groups in total. The lowest BCUT2D eigenvalue weighted by atomic mass is 9.83. The molecule has 0 spiro atoms. The Morgan fingerprint density at radius 1 is 0.375 bits per heavy atom. The summed E-state index contributed by atoms with van der Waals surface area (Å²) in [5.74, 6) is 0. The highest BCUT2D eigenvalue weighted by atomic mass is 32.1. The minimum Gasteiger partial charge on any atom is -0.135 e. The van der Waals surface area contributed by atoms with Gasteiger partial charge in [-0.15, -0.1) is 22.7 Å². The van der Waals surface area contributed by atoms with E-state index in [0.717, 1.165) is 12.8 Å². The van der Waals surface area contributed by atoms with Crippen LogP contribution in [0.25, 0.3) is 73.7 Å². The van der Waals surface area contributed by atoms with Crippen LogP contribution in [0.4, 0.5) is 0 Å². The standard InChI is InChI=1S/C38H24S2/c1-3-13-35-31(7-1)33-11-5-9-29(37(33)39-35)25-17-19-27-23(21-25)15-16-24-22-26(18-20-28(24)27)30-10-6-12-34-32-8-2-4-14-36(32)40-38(30)34/h1-14,17-22H,15-16H2. The van der Waals surface area contributed by atoms with Gasteiger partial charge in [-0.1, -0.05) is 109 Å². The molecule has 9 rings (SSSR count). The molecule has 0 atom stereocenters. The number of thiophene rings is 2. The van der Waals surface area contributed by atoms with Crippen molar-refractivity contribution in [3.63, 3.8) is 0 Å². The van der Waals surface area contributed by atoms with E-state index in [-0.39, 0.29) is 0 Å². The summed E-state index contributed by atoms with van der Waals surface area (Å²) >= 11 is 3.82. The predicted molar refractivity (Wildman–Crippen MR) is 176 cm³/mol. The highest BCUT2D eigenvalue weighted by Crippen LogP contribution is 2.44. The van der Waals surface area contributed by atoms with E-state index >= 15 is 0 Å². The fourth-order valence-electron chi connectivity index (χ4n) is 6.68. The third-order valence-corrected chi connectivity index (χ3v) is 11.0. The van der Waals surface area contributed by atoms with E-state index in [2.05, 4.69) is 121 Å². The molecule has 8 aromatic rings. The molecule has 2 heteroatoms. The fourth-order valence-corrected chi connectivity index (χ4v) is 9.16. The molecule has 40 heavy (non-hydrogen) atoms. The van der Waals surface area contributed by atoms with Gasteiger partial charge in [0.25, 0.3) is 0 Å². The van der Waals surface area contributed by atoms with Crippen LogP contribution in [0, 0.1) is 0 Å². The molecule has 2 aromatic heterocycles. The van der Waals surface area contributed by atoms with Gasteiger partial charge in [0.05, 0.1) is 0 Å². The Morgan fingerprint density at radius 3 is 1.32 bits per heavy atom. The topological polar surface area (TPSA) is 0 Å². The van der Waals surface area contributed by atoms with Crippen LogP contribution in [0.5, 0.6) is 0 Å². The first kappa shape index (κ1) is 22.6. The van der Waals surface area contributed by atoms with Gasteiger partial charge in [-0.2, -0.15) is 0 Å². The quantitative estimate of drug-likeness (QED) is 0.203. The molecule has 188 valence electrons. The zero-order chi connectivity index (χ0) is 26.2. The van der Waals surface area contributed by atoms with E-state index < -0.39 is 0 Å². The number of hydrogen-bond donors (Lipinski definition) is 0. The number of aryl methyl sites for hydroxylation is 2. The smallest absolute Gasteiger partial charge is 0.0433 e. The fraction of sp³-hybridized carbons (Fsp3) is 0.0526. The molecule has 0 radical (unpaired) electrons. The zero-order valence-electron chi connectivity index (χ0n) is 21.8. The largest absolute Gasteiger partial charge is 0.135 e. The number of hydrogen-bond acceptors (Lipinski definition) is 2. The first-order valence-corrected chi connectivity index (χ1v) is 15.5. The van der Waals surface area contributed by atoms with Gasteiger partial charge in [0.15, 0.2) is 0 Å². The molecule has 0 saturated carbocycles. The van der Waals surface area contributed by atoms with Crippen molar-refractivity contribution in [1.29, 1.82) is 0 Å². The van der Waals surface area contributed by atoms with Gasteiger partial charge >= 0.3 is 0 Å². The Bertz CT molecular complexity index is 2110. The third-order valence-electron chi connectivity index (χ3n) is 8.59. The minimum absolute atomic E-state index is 1.08. The Kier molecular flexibility index (Phi) is 4.87. The molecule has 0 nitrogen and oxygen atoms in total. The first-order valence-electron chi connectivity index (χ1n) is 13.9. The first-order chi connectivity index (χ1) is 19.8. The van der Waals surface area contributed by atoms with E-state index in [4.69, 9.17) is 0 Å². The predicted octanol–water partition coefficient (Wildman–Crippen LogP) is 11.5. The van der Waals surface area contributed by atoms with Gasteiger partial charge in [0.1, 0.15) is 0 Å². The van der Waals surface area contributed by atoms with E-state index in [1.54, 1.807) is 0 Å². The van der Waals surface area contributed by atoms with Gasteiger partial charge in [-0.25, -0.2) is 0 Å². The summed E-state index contributed by atoms with van der Waals surface area (Å²) in [4.78, 5) is 0. The van der Waals surface area contributed by atoms with Gasteiger partial charge in [-0.05, 0) is 69.5 Å². The lowest BCUT2D eigenvalue weighted by Crippen LogP contribution is -2.04. The maximum atomic E-state index is 2.45. The number of rotatable bonds is 2. The van der Waals surface area contributed by atoms with Crippen LogP contribution < -0.4 is 0 Å². The Hall–Kier alpha value is -4.24. The molecule has 0 aliphatic heterocycles. The van der Waals surface area contributed by atoms with Crippen LogP contribution in [-0.2, 0) is 12.8 Å². The van der Waals surface area contributed by atoms with Gasteiger partial charge < -0.3 is 0 Å². The zero-order valence-corrected chi connectivity index (χ0v) is 23.4. The average molecular weight is 545 g/mol. The Balaban J connectivity index is 1.14. The van der Waals surface area contributed by atoms with E-state index in [1.807, 2.05) is 22.7 Å². The van der Waals surface area contributed by atoms with Crippen molar-refractivity contribution in [3.8, 4) is 33.4 Å². The molecule has 0 amide bonds. The highest BCUT2D eigenvalue weighted by molar-refractivity contribution is 7.26. The molecule has 0 bridgehead atoms. The lowest BCUT2D eigenvalue weighted by molar-refractivity contribution is 0.943. The summed E-state index contributed by atoms with van der Waals surface area (Å²) in [6.07, 6.45) is 2.16. The molecule has 1 aliphatic carbocycles. The van der Waals surface area contributed by atoms with Gasteiger partial charge in [0, 0.05) is 40.3 Å². The van der Waals surface area contributed by atoms with Gasteiger partial charge in [-0.3, -0.25) is 0 Å². The molecular formula is C38H24S2. The molecule has 2 heterocycles. The van der Waals surface area contributed by atoms with Crippen LogP contribution >= 0.6 is 22.7 Å². The van der Waals surface area contributed by atoms with E-state index in [9.17, 15) is 0 Å². The molecule has 0 unspecified atom stereocenters. The van der Waals surface area contributed by atoms with Crippen molar-refractivity contribution in [1.82, 2.24) is 0 Å². The monoisotopic (exact) mass is 544 g/mol. The van der Waals surface area contributed by atoms with Crippen LogP contribution in [0.2, 0.25) is 0 Å². The van der Waals surface area contributed by atoms with Crippen molar-refractivity contribution in [2.45, 2.75) is 12.8 Å². The summed E-state index contributed by atoms with van der Waals surface area (Å²) in [7, 11) is 0. The third kappa shape index (κ3) is 3.30. The Labute approximate surface area is 240 Å². The maximum Gasteiger partial charge on any atom is 0.0433 e.